The van der Waals surface area contributed by atoms with Gasteiger partial charge in [0.15, 0.2) is 5.96 Å². The standard InChI is InChI=1S/C20H36N4OS.HI/c1-5-21-19(22-16-20(2,3)18-8-6-15-26-18)23-17-9-12-24(13-10-17)11-7-14-25-4;/h6,8,15,17H,5,7,9-14,16H2,1-4H3,(H2,21,22,23);1H. The highest BCUT2D eigenvalue weighted by Gasteiger charge is 2.23. The summed E-state index contributed by atoms with van der Waals surface area (Å²) >= 11 is 1.81. The molecule has 1 saturated heterocycles. The van der Waals surface area contributed by atoms with E-state index in [4.69, 9.17) is 9.73 Å². The number of aliphatic imine (C=N–C) groups is 1. The number of thiophene rings is 1. The van der Waals surface area contributed by atoms with Crippen LogP contribution in [0.2, 0.25) is 0 Å². The van der Waals surface area contributed by atoms with Gasteiger partial charge in [-0.25, -0.2) is 0 Å². The van der Waals surface area contributed by atoms with Crippen LogP contribution in [0.3, 0.4) is 0 Å². The van der Waals surface area contributed by atoms with Crippen LogP contribution in [0, 0.1) is 0 Å². The lowest BCUT2D eigenvalue weighted by atomic mass is 9.92. The number of rotatable bonds is 9. The zero-order chi connectivity index (χ0) is 18.8. The van der Waals surface area contributed by atoms with Crippen molar-refractivity contribution in [2.24, 2.45) is 4.99 Å². The third-order valence-corrected chi connectivity index (χ3v) is 6.15. The van der Waals surface area contributed by atoms with Crippen LogP contribution in [0.25, 0.3) is 0 Å². The van der Waals surface area contributed by atoms with Gasteiger partial charge in [0, 0.05) is 56.2 Å². The highest BCUT2D eigenvalue weighted by atomic mass is 127. The molecule has 7 heteroatoms. The highest BCUT2D eigenvalue weighted by Crippen LogP contribution is 2.27. The Morgan fingerprint density at radius 1 is 1.37 bits per heavy atom. The van der Waals surface area contributed by atoms with E-state index in [-0.39, 0.29) is 29.4 Å². The molecule has 2 rings (SSSR count). The van der Waals surface area contributed by atoms with Crippen LogP contribution in [0.5, 0.6) is 0 Å². The van der Waals surface area contributed by atoms with Crippen LogP contribution in [-0.4, -0.2) is 63.3 Å². The van der Waals surface area contributed by atoms with E-state index in [2.05, 4.69) is 53.8 Å². The van der Waals surface area contributed by atoms with Crippen molar-refractivity contribution < 1.29 is 4.74 Å². The van der Waals surface area contributed by atoms with Crippen molar-refractivity contribution >= 4 is 41.3 Å². The van der Waals surface area contributed by atoms with Gasteiger partial charge in [-0.15, -0.1) is 35.3 Å². The molecule has 1 fully saturated rings. The van der Waals surface area contributed by atoms with Crippen molar-refractivity contribution in [2.75, 3.05) is 46.4 Å². The van der Waals surface area contributed by atoms with Crippen molar-refractivity contribution in [2.45, 2.75) is 51.5 Å². The Kier molecular flexibility index (Phi) is 11.8. The summed E-state index contributed by atoms with van der Waals surface area (Å²) in [5.41, 5.74) is 0.0707. The fourth-order valence-electron chi connectivity index (χ4n) is 3.27. The Morgan fingerprint density at radius 3 is 2.70 bits per heavy atom. The van der Waals surface area contributed by atoms with Gasteiger partial charge in [0.1, 0.15) is 0 Å². The van der Waals surface area contributed by atoms with Crippen molar-refractivity contribution in [3.63, 3.8) is 0 Å². The summed E-state index contributed by atoms with van der Waals surface area (Å²) in [7, 11) is 1.78. The third-order valence-electron chi connectivity index (χ3n) is 4.92. The summed E-state index contributed by atoms with van der Waals surface area (Å²) in [4.78, 5) is 8.82. The number of likely N-dealkylation sites (tertiary alicyclic amines) is 1. The monoisotopic (exact) mass is 508 g/mol. The number of hydrogen-bond acceptors (Lipinski definition) is 4. The van der Waals surface area contributed by atoms with Gasteiger partial charge in [0.2, 0.25) is 0 Å². The average molecular weight is 509 g/mol. The number of ether oxygens (including phenoxy) is 1. The summed E-state index contributed by atoms with van der Waals surface area (Å²) < 4.78 is 5.15. The van der Waals surface area contributed by atoms with Crippen LogP contribution < -0.4 is 10.6 Å². The zero-order valence-corrected chi connectivity index (χ0v) is 20.4. The van der Waals surface area contributed by atoms with E-state index in [1.807, 2.05) is 11.3 Å². The molecule has 0 unspecified atom stereocenters. The van der Waals surface area contributed by atoms with Crippen LogP contribution >= 0.6 is 35.3 Å². The van der Waals surface area contributed by atoms with Crippen LogP contribution in [0.1, 0.15) is 44.9 Å². The minimum Gasteiger partial charge on any atom is -0.385 e. The van der Waals surface area contributed by atoms with Gasteiger partial charge in [0.05, 0.1) is 6.54 Å². The van der Waals surface area contributed by atoms with Crippen molar-refractivity contribution in [1.82, 2.24) is 15.5 Å². The fraction of sp³-hybridized carbons (Fsp3) is 0.750. The van der Waals surface area contributed by atoms with Gasteiger partial charge in [-0.3, -0.25) is 4.99 Å². The molecule has 1 aliphatic rings. The molecule has 0 saturated carbocycles. The average Bonchev–Trinajstić information content (AvgIpc) is 3.17. The fourth-order valence-corrected chi connectivity index (χ4v) is 4.11. The smallest absolute Gasteiger partial charge is 0.191 e. The van der Waals surface area contributed by atoms with Crippen LogP contribution in [0.4, 0.5) is 0 Å². The molecule has 0 radical (unpaired) electrons. The number of methoxy groups -OCH3 is 1. The van der Waals surface area contributed by atoms with E-state index in [1.165, 1.54) is 17.7 Å². The molecule has 156 valence electrons. The number of nitrogens with zero attached hydrogens (tertiary/aromatic N) is 2. The second-order valence-electron chi connectivity index (χ2n) is 7.66. The molecule has 27 heavy (non-hydrogen) atoms. The molecule has 0 aliphatic carbocycles. The number of piperidine rings is 1. The molecule has 1 aliphatic heterocycles. The molecule has 2 N–H and O–H groups in total. The molecular weight excluding hydrogens is 471 g/mol. The Bertz CT molecular complexity index is 528. The van der Waals surface area contributed by atoms with E-state index in [0.717, 1.165) is 51.7 Å². The third kappa shape index (κ3) is 8.66. The topological polar surface area (TPSA) is 48.9 Å². The lowest BCUT2D eigenvalue weighted by molar-refractivity contribution is 0.155. The minimum absolute atomic E-state index is 0. The number of guanidine groups is 1. The molecule has 1 aromatic rings. The second kappa shape index (κ2) is 13.0. The van der Waals surface area contributed by atoms with E-state index < -0.39 is 0 Å². The molecule has 1 aromatic heterocycles. The molecule has 0 atom stereocenters. The van der Waals surface area contributed by atoms with Crippen molar-refractivity contribution in [3.05, 3.63) is 22.4 Å². The SMILES string of the molecule is CCNC(=NCC(C)(C)c1cccs1)NC1CCN(CCCOC)CC1.I. The zero-order valence-electron chi connectivity index (χ0n) is 17.3. The summed E-state index contributed by atoms with van der Waals surface area (Å²) in [6.45, 7) is 12.6. The maximum absolute atomic E-state index is 5.15. The summed E-state index contributed by atoms with van der Waals surface area (Å²) in [5, 5.41) is 9.21. The predicted molar refractivity (Wildman–Crippen MR) is 128 cm³/mol. The molecule has 0 spiro atoms. The van der Waals surface area contributed by atoms with Crippen molar-refractivity contribution in [3.8, 4) is 0 Å². The van der Waals surface area contributed by atoms with E-state index >= 15 is 0 Å². The summed E-state index contributed by atoms with van der Waals surface area (Å²) in [5.74, 6) is 0.954. The Morgan fingerprint density at radius 2 is 2.11 bits per heavy atom. The highest BCUT2D eigenvalue weighted by molar-refractivity contribution is 14.0. The largest absolute Gasteiger partial charge is 0.385 e. The number of hydrogen-bond donors (Lipinski definition) is 2. The van der Waals surface area contributed by atoms with Gasteiger partial charge in [-0.2, -0.15) is 0 Å². The summed E-state index contributed by atoms with van der Waals surface area (Å²) in [6, 6.07) is 4.84. The minimum atomic E-state index is 0. The Balaban J connectivity index is 0.00000364. The first kappa shape index (κ1) is 24.7. The molecule has 0 aromatic carbocycles. The molecule has 0 bridgehead atoms. The van der Waals surface area contributed by atoms with Crippen LogP contribution in [0.15, 0.2) is 22.5 Å². The van der Waals surface area contributed by atoms with Gasteiger partial charge >= 0.3 is 0 Å². The van der Waals surface area contributed by atoms with Gasteiger partial charge in [0.25, 0.3) is 0 Å². The first-order chi connectivity index (χ1) is 12.5. The first-order valence-electron chi connectivity index (χ1n) is 9.85. The maximum Gasteiger partial charge on any atom is 0.191 e. The molecular formula is C20H37IN4OS. The lowest BCUT2D eigenvalue weighted by Gasteiger charge is -2.33. The normalized spacial score (nSPS) is 16.8. The predicted octanol–water partition coefficient (Wildman–Crippen LogP) is 3.70. The number of halogens is 1. The Labute approximate surface area is 186 Å². The van der Waals surface area contributed by atoms with E-state index in [0.29, 0.717) is 6.04 Å². The van der Waals surface area contributed by atoms with Crippen molar-refractivity contribution in [1.29, 1.82) is 0 Å². The summed E-state index contributed by atoms with van der Waals surface area (Å²) in [6.07, 6.45) is 3.47. The number of nitrogens with one attached hydrogen (secondary N) is 2. The Hall–Kier alpha value is -0.380. The van der Waals surface area contributed by atoms with Gasteiger partial charge in [-0.1, -0.05) is 19.9 Å². The van der Waals surface area contributed by atoms with Crippen LogP contribution in [-0.2, 0) is 10.2 Å². The maximum atomic E-state index is 5.15. The molecule has 2 heterocycles. The van der Waals surface area contributed by atoms with E-state index in [1.54, 1.807) is 7.11 Å². The molecule has 5 nitrogen and oxygen atoms in total. The first-order valence-corrected chi connectivity index (χ1v) is 10.7. The van der Waals surface area contributed by atoms with Gasteiger partial charge < -0.3 is 20.3 Å². The lowest BCUT2D eigenvalue weighted by Crippen LogP contribution is -2.49. The van der Waals surface area contributed by atoms with E-state index in [9.17, 15) is 0 Å². The second-order valence-corrected chi connectivity index (χ2v) is 8.61. The molecule has 0 amide bonds. The van der Waals surface area contributed by atoms with Gasteiger partial charge in [-0.05, 0) is 37.6 Å². The quantitative estimate of drug-likeness (QED) is 0.231.